The van der Waals surface area contributed by atoms with Crippen LogP contribution in [0.15, 0.2) is 18.2 Å². The lowest BCUT2D eigenvalue weighted by molar-refractivity contribution is 0.0663. The summed E-state index contributed by atoms with van der Waals surface area (Å²) in [6.07, 6.45) is 0. The monoisotopic (exact) mass is 289 g/mol. The van der Waals surface area contributed by atoms with Gasteiger partial charge in [-0.25, -0.2) is 0 Å². The number of hydrogen-bond donors (Lipinski definition) is 1. The fourth-order valence-electron chi connectivity index (χ4n) is 3.03. The van der Waals surface area contributed by atoms with Crippen LogP contribution in [0, 0.1) is 13.8 Å². The molecule has 2 heterocycles. The number of benzene rings is 1. The zero-order chi connectivity index (χ0) is 14.7. The third-order valence-corrected chi connectivity index (χ3v) is 4.69. The summed E-state index contributed by atoms with van der Waals surface area (Å²) in [5, 5.41) is 3.36. The Balaban J connectivity index is 1.39. The van der Waals surface area contributed by atoms with Crippen LogP contribution in [0.3, 0.4) is 0 Å². The molecular formula is C17H27N3O. The molecule has 0 bridgehead atoms. The lowest BCUT2D eigenvalue weighted by Crippen LogP contribution is -2.61. The van der Waals surface area contributed by atoms with Crippen LogP contribution >= 0.6 is 0 Å². The van der Waals surface area contributed by atoms with Gasteiger partial charge < -0.3 is 10.1 Å². The van der Waals surface area contributed by atoms with E-state index in [4.69, 9.17) is 4.74 Å². The van der Waals surface area contributed by atoms with Gasteiger partial charge in [-0.2, -0.15) is 0 Å². The van der Waals surface area contributed by atoms with Gasteiger partial charge >= 0.3 is 0 Å². The molecule has 4 nitrogen and oxygen atoms in total. The molecule has 4 heteroatoms. The van der Waals surface area contributed by atoms with Crippen molar-refractivity contribution in [1.29, 1.82) is 0 Å². The van der Waals surface area contributed by atoms with E-state index in [1.54, 1.807) is 0 Å². The van der Waals surface area contributed by atoms with Crippen LogP contribution in [-0.2, 0) is 0 Å². The second-order valence-corrected chi connectivity index (χ2v) is 6.31. The fourth-order valence-corrected chi connectivity index (χ4v) is 3.03. The first-order chi connectivity index (χ1) is 10.2. The molecule has 0 radical (unpaired) electrons. The Hall–Kier alpha value is -1.10. The summed E-state index contributed by atoms with van der Waals surface area (Å²) in [4.78, 5) is 5.15. The third-order valence-electron chi connectivity index (χ3n) is 4.69. The van der Waals surface area contributed by atoms with Gasteiger partial charge in [0.15, 0.2) is 0 Å². The highest BCUT2D eigenvalue weighted by Crippen LogP contribution is 2.19. The maximum atomic E-state index is 5.96. The maximum absolute atomic E-state index is 5.96. The van der Waals surface area contributed by atoms with Crippen LogP contribution in [-0.4, -0.2) is 68.3 Å². The molecule has 3 rings (SSSR count). The van der Waals surface area contributed by atoms with Crippen LogP contribution in [0.2, 0.25) is 0 Å². The highest BCUT2D eigenvalue weighted by atomic mass is 16.5. The van der Waals surface area contributed by atoms with Gasteiger partial charge in [-0.15, -0.1) is 0 Å². The second kappa shape index (κ2) is 6.77. The molecule has 0 saturated carbocycles. The van der Waals surface area contributed by atoms with Crippen molar-refractivity contribution in [2.24, 2.45) is 0 Å². The summed E-state index contributed by atoms with van der Waals surface area (Å²) in [5.74, 6) is 1.04. The van der Waals surface area contributed by atoms with Crippen molar-refractivity contribution < 1.29 is 4.74 Å². The lowest BCUT2D eigenvalue weighted by atomic mass is 10.1. The Labute approximate surface area is 128 Å². The summed E-state index contributed by atoms with van der Waals surface area (Å²) in [6, 6.07) is 7.20. The first-order valence-electron chi connectivity index (χ1n) is 8.09. The molecule has 1 N–H and O–H groups in total. The molecule has 2 saturated heterocycles. The molecule has 1 aromatic carbocycles. The molecule has 21 heavy (non-hydrogen) atoms. The van der Waals surface area contributed by atoms with E-state index in [-0.39, 0.29) is 0 Å². The van der Waals surface area contributed by atoms with E-state index in [9.17, 15) is 0 Å². The Morgan fingerprint density at radius 2 is 1.90 bits per heavy atom. The number of nitrogens with zero attached hydrogens (tertiary/aromatic N) is 2. The number of piperazine rings is 1. The van der Waals surface area contributed by atoms with E-state index < -0.39 is 0 Å². The van der Waals surface area contributed by atoms with Gasteiger partial charge in [0.25, 0.3) is 0 Å². The van der Waals surface area contributed by atoms with Crippen LogP contribution in [0.5, 0.6) is 5.75 Å². The zero-order valence-corrected chi connectivity index (χ0v) is 13.3. The summed E-state index contributed by atoms with van der Waals surface area (Å²) in [5.41, 5.74) is 2.49. The van der Waals surface area contributed by atoms with Crippen molar-refractivity contribution >= 4 is 0 Å². The lowest BCUT2D eigenvalue weighted by Gasteiger charge is -2.43. The zero-order valence-electron chi connectivity index (χ0n) is 13.3. The Bertz CT molecular complexity index is 465. The normalized spacial score (nSPS) is 21.2. The molecule has 0 unspecified atom stereocenters. The van der Waals surface area contributed by atoms with Gasteiger partial charge in [-0.3, -0.25) is 9.80 Å². The minimum absolute atomic E-state index is 0.787. The Morgan fingerprint density at radius 3 is 2.57 bits per heavy atom. The van der Waals surface area contributed by atoms with Crippen LogP contribution < -0.4 is 10.1 Å². The molecule has 0 amide bonds. The fraction of sp³-hybridized carbons (Fsp3) is 0.647. The van der Waals surface area contributed by atoms with Gasteiger partial charge in [0.2, 0.25) is 0 Å². The molecule has 1 aromatic rings. The smallest absolute Gasteiger partial charge is 0.122 e. The third kappa shape index (κ3) is 3.76. The summed E-state index contributed by atoms with van der Waals surface area (Å²) < 4.78 is 5.96. The molecule has 0 aromatic heterocycles. The van der Waals surface area contributed by atoms with Gasteiger partial charge in [-0.05, 0) is 31.0 Å². The van der Waals surface area contributed by atoms with Crippen molar-refractivity contribution in [3.63, 3.8) is 0 Å². The number of aryl methyl sites for hydroxylation is 2. The standard InChI is InChI=1S/C17H27N3O/c1-14-3-4-15(2)17(11-14)21-10-9-19-5-7-20(8-6-19)16-12-18-13-16/h3-4,11,16,18H,5-10,12-13H2,1-2H3. The topological polar surface area (TPSA) is 27.7 Å². The van der Waals surface area contributed by atoms with E-state index in [0.717, 1.165) is 24.9 Å². The van der Waals surface area contributed by atoms with Crippen molar-refractivity contribution in [2.75, 3.05) is 52.4 Å². The van der Waals surface area contributed by atoms with E-state index >= 15 is 0 Å². The molecule has 0 spiro atoms. The van der Waals surface area contributed by atoms with Gasteiger partial charge in [-0.1, -0.05) is 12.1 Å². The van der Waals surface area contributed by atoms with E-state index in [1.807, 2.05) is 0 Å². The number of ether oxygens (including phenoxy) is 1. The van der Waals surface area contributed by atoms with E-state index in [2.05, 4.69) is 47.2 Å². The minimum Gasteiger partial charge on any atom is -0.492 e. The Kier molecular flexibility index (Phi) is 4.78. The number of hydrogen-bond acceptors (Lipinski definition) is 4. The minimum atomic E-state index is 0.787. The Morgan fingerprint density at radius 1 is 1.14 bits per heavy atom. The van der Waals surface area contributed by atoms with E-state index in [1.165, 1.54) is 50.4 Å². The summed E-state index contributed by atoms with van der Waals surface area (Å²) >= 11 is 0. The van der Waals surface area contributed by atoms with Gasteiger partial charge in [0.05, 0.1) is 0 Å². The van der Waals surface area contributed by atoms with Crippen molar-refractivity contribution in [3.05, 3.63) is 29.3 Å². The second-order valence-electron chi connectivity index (χ2n) is 6.31. The molecule has 2 aliphatic heterocycles. The largest absolute Gasteiger partial charge is 0.492 e. The van der Waals surface area contributed by atoms with Crippen LogP contribution in [0.25, 0.3) is 0 Å². The molecule has 2 aliphatic rings. The number of nitrogens with one attached hydrogen (secondary N) is 1. The highest BCUT2D eigenvalue weighted by molar-refractivity contribution is 5.35. The quantitative estimate of drug-likeness (QED) is 0.883. The molecule has 116 valence electrons. The predicted octanol–water partition coefficient (Wildman–Crippen LogP) is 1.27. The van der Waals surface area contributed by atoms with Crippen LogP contribution in [0.4, 0.5) is 0 Å². The van der Waals surface area contributed by atoms with Gasteiger partial charge in [0, 0.05) is 51.9 Å². The average Bonchev–Trinajstić information content (AvgIpc) is 2.43. The molecule has 2 fully saturated rings. The van der Waals surface area contributed by atoms with Crippen molar-refractivity contribution in [1.82, 2.24) is 15.1 Å². The van der Waals surface area contributed by atoms with Crippen molar-refractivity contribution in [3.8, 4) is 5.75 Å². The molecular weight excluding hydrogens is 262 g/mol. The van der Waals surface area contributed by atoms with Crippen molar-refractivity contribution in [2.45, 2.75) is 19.9 Å². The SMILES string of the molecule is Cc1ccc(C)c(OCCN2CCN(C3CNC3)CC2)c1. The van der Waals surface area contributed by atoms with Crippen LogP contribution in [0.1, 0.15) is 11.1 Å². The first kappa shape index (κ1) is 14.8. The average molecular weight is 289 g/mol. The summed E-state index contributed by atoms with van der Waals surface area (Å²) in [6.45, 7) is 13.1. The van der Waals surface area contributed by atoms with Gasteiger partial charge in [0.1, 0.15) is 12.4 Å². The molecule has 0 atom stereocenters. The van der Waals surface area contributed by atoms with E-state index in [0.29, 0.717) is 0 Å². The maximum Gasteiger partial charge on any atom is 0.122 e. The predicted molar refractivity (Wildman–Crippen MR) is 86.1 cm³/mol. The number of rotatable bonds is 5. The molecule has 0 aliphatic carbocycles. The summed E-state index contributed by atoms with van der Waals surface area (Å²) in [7, 11) is 0. The first-order valence-corrected chi connectivity index (χ1v) is 8.09. The highest BCUT2D eigenvalue weighted by Gasteiger charge is 2.27.